The summed E-state index contributed by atoms with van der Waals surface area (Å²) in [7, 11) is 0. The quantitative estimate of drug-likeness (QED) is 0.719. The Hall–Kier alpha value is -2.71. The molecule has 1 aromatic carbocycles. The Bertz CT molecular complexity index is 945. The molecule has 8 heteroatoms. The van der Waals surface area contributed by atoms with Crippen LogP contribution in [0.1, 0.15) is 23.2 Å². The molecule has 142 valence electrons. The lowest BCUT2D eigenvalue weighted by Crippen LogP contribution is -2.50. The maximum absolute atomic E-state index is 12.8. The van der Waals surface area contributed by atoms with Gasteiger partial charge >= 0.3 is 5.69 Å². The van der Waals surface area contributed by atoms with Crippen molar-refractivity contribution in [3.8, 4) is 11.1 Å². The highest BCUT2D eigenvalue weighted by molar-refractivity contribution is 5.95. The fourth-order valence-electron chi connectivity index (χ4n) is 3.82. The number of amides is 1. The molecule has 0 bridgehead atoms. The van der Waals surface area contributed by atoms with E-state index in [1.54, 1.807) is 24.3 Å². The van der Waals surface area contributed by atoms with E-state index in [0.29, 0.717) is 29.9 Å². The number of rotatable bonds is 4. The van der Waals surface area contributed by atoms with Gasteiger partial charge in [-0.15, -0.1) is 0 Å². The van der Waals surface area contributed by atoms with Crippen molar-refractivity contribution in [2.45, 2.75) is 24.9 Å². The van der Waals surface area contributed by atoms with Gasteiger partial charge in [-0.1, -0.05) is 12.1 Å². The first-order valence-electron chi connectivity index (χ1n) is 9.17. The van der Waals surface area contributed by atoms with Crippen LogP contribution in [0.3, 0.4) is 0 Å². The average molecular weight is 370 g/mol. The molecule has 27 heavy (non-hydrogen) atoms. The monoisotopic (exact) mass is 370 g/mol. The number of aromatic nitrogens is 2. The summed E-state index contributed by atoms with van der Waals surface area (Å²) in [6, 6.07) is 6.97. The smallest absolute Gasteiger partial charge is 0.325 e. The topological polar surface area (TPSA) is 107 Å². The summed E-state index contributed by atoms with van der Waals surface area (Å²) in [5, 5.41) is 3.08. The molecular formula is C19H22N4O4. The SMILES string of the molecule is O=C(N[C@H]1COC[C@@H]1N1CCCC1)c1cccc(-c2c[nH]c(=O)[nH]c2=O)c1. The van der Waals surface area contributed by atoms with Gasteiger partial charge in [-0.05, 0) is 43.6 Å². The zero-order valence-corrected chi connectivity index (χ0v) is 14.9. The minimum Gasteiger partial charge on any atom is -0.378 e. The Morgan fingerprint density at radius 1 is 1.19 bits per heavy atom. The van der Waals surface area contributed by atoms with Crippen molar-refractivity contribution >= 4 is 5.91 Å². The maximum atomic E-state index is 12.8. The second-order valence-corrected chi connectivity index (χ2v) is 6.99. The number of hydrogen-bond donors (Lipinski definition) is 3. The van der Waals surface area contributed by atoms with E-state index in [2.05, 4.69) is 20.2 Å². The molecule has 2 atom stereocenters. The predicted octanol–water partition coefficient (Wildman–Crippen LogP) is 0.323. The number of nitrogens with zero attached hydrogens (tertiary/aromatic N) is 1. The van der Waals surface area contributed by atoms with Crippen LogP contribution >= 0.6 is 0 Å². The summed E-state index contributed by atoms with van der Waals surface area (Å²) in [5.41, 5.74) is 0.286. The molecule has 0 radical (unpaired) electrons. The minimum absolute atomic E-state index is 0.0456. The Morgan fingerprint density at radius 2 is 2.00 bits per heavy atom. The molecule has 2 aliphatic rings. The van der Waals surface area contributed by atoms with Crippen LogP contribution in [0, 0.1) is 0 Å². The first kappa shape index (κ1) is 17.7. The Balaban J connectivity index is 1.52. The number of likely N-dealkylation sites (tertiary alicyclic amines) is 1. The van der Waals surface area contributed by atoms with Crippen LogP contribution in [0.4, 0.5) is 0 Å². The lowest BCUT2D eigenvalue weighted by molar-refractivity contribution is 0.0916. The third kappa shape index (κ3) is 3.72. The number of nitrogens with one attached hydrogen (secondary N) is 3. The van der Waals surface area contributed by atoms with Gasteiger partial charge in [0.25, 0.3) is 11.5 Å². The average Bonchev–Trinajstić information content (AvgIpc) is 3.33. The molecule has 8 nitrogen and oxygen atoms in total. The van der Waals surface area contributed by atoms with Crippen molar-refractivity contribution in [1.82, 2.24) is 20.2 Å². The summed E-state index contributed by atoms with van der Waals surface area (Å²) in [6.45, 7) is 3.24. The molecule has 4 rings (SSSR count). The van der Waals surface area contributed by atoms with Crippen molar-refractivity contribution in [2.24, 2.45) is 0 Å². The van der Waals surface area contributed by atoms with Crippen LogP contribution in [0.2, 0.25) is 0 Å². The molecule has 2 fully saturated rings. The van der Waals surface area contributed by atoms with E-state index in [9.17, 15) is 14.4 Å². The molecule has 2 saturated heterocycles. The van der Waals surface area contributed by atoms with Crippen molar-refractivity contribution in [3.05, 3.63) is 56.9 Å². The van der Waals surface area contributed by atoms with E-state index in [1.807, 2.05) is 0 Å². The van der Waals surface area contributed by atoms with Crippen molar-refractivity contribution in [2.75, 3.05) is 26.3 Å². The molecule has 3 N–H and O–H groups in total. The largest absolute Gasteiger partial charge is 0.378 e. The van der Waals surface area contributed by atoms with Gasteiger partial charge in [0.1, 0.15) is 0 Å². The van der Waals surface area contributed by atoms with E-state index in [-0.39, 0.29) is 18.0 Å². The zero-order valence-electron chi connectivity index (χ0n) is 14.9. The van der Waals surface area contributed by atoms with Crippen LogP contribution in [0.25, 0.3) is 11.1 Å². The fourth-order valence-corrected chi connectivity index (χ4v) is 3.82. The molecule has 0 spiro atoms. The highest BCUT2D eigenvalue weighted by Crippen LogP contribution is 2.20. The van der Waals surface area contributed by atoms with Crippen molar-refractivity contribution < 1.29 is 9.53 Å². The number of carbonyl (C=O) groups excluding carboxylic acids is 1. The summed E-state index contributed by atoms with van der Waals surface area (Å²) < 4.78 is 5.60. The Kier molecular flexibility index (Phi) is 4.91. The van der Waals surface area contributed by atoms with Crippen molar-refractivity contribution in [3.63, 3.8) is 0 Å². The molecule has 0 unspecified atom stereocenters. The summed E-state index contributed by atoms with van der Waals surface area (Å²) in [6.07, 6.45) is 3.73. The van der Waals surface area contributed by atoms with Gasteiger partial charge < -0.3 is 15.0 Å². The summed E-state index contributed by atoms with van der Waals surface area (Å²) in [4.78, 5) is 43.0. The van der Waals surface area contributed by atoms with Crippen LogP contribution in [-0.2, 0) is 4.74 Å². The second-order valence-electron chi connectivity index (χ2n) is 6.99. The van der Waals surface area contributed by atoms with E-state index in [0.717, 1.165) is 13.1 Å². The number of H-pyrrole nitrogens is 2. The number of benzene rings is 1. The predicted molar refractivity (Wildman–Crippen MR) is 99.8 cm³/mol. The number of aromatic amines is 2. The van der Waals surface area contributed by atoms with Gasteiger partial charge in [0, 0.05) is 11.8 Å². The Labute approximate surface area is 155 Å². The molecule has 2 aromatic rings. The number of carbonyl (C=O) groups is 1. The first-order chi connectivity index (χ1) is 13.1. The lowest BCUT2D eigenvalue weighted by atomic mass is 10.0. The van der Waals surface area contributed by atoms with E-state index >= 15 is 0 Å². The van der Waals surface area contributed by atoms with Gasteiger partial charge in [-0.25, -0.2) is 4.79 Å². The van der Waals surface area contributed by atoms with Crippen LogP contribution < -0.4 is 16.6 Å². The highest BCUT2D eigenvalue weighted by atomic mass is 16.5. The highest BCUT2D eigenvalue weighted by Gasteiger charge is 2.35. The third-order valence-electron chi connectivity index (χ3n) is 5.23. The normalized spacial score (nSPS) is 22.8. The molecule has 3 heterocycles. The second kappa shape index (κ2) is 7.50. The van der Waals surface area contributed by atoms with Gasteiger partial charge in [-0.2, -0.15) is 0 Å². The molecular weight excluding hydrogens is 348 g/mol. The number of hydrogen-bond acceptors (Lipinski definition) is 5. The van der Waals surface area contributed by atoms with Crippen molar-refractivity contribution in [1.29, 1.82) is 0 Å². The summed E-state index contributed by atoms with van der Waals surface area (Å²) >= 11 is 0. The minimum atomic E-state index is -0.563. The molecule has 1 amide bonds. The van der Waals surface area contributed by atoms with Gasteiger partial charge in [0.05, 0.1) is 30.9 Å². The van der Waals surface area contributed by atoms with E-state index < -0.39 is 11.2 Å². The van der Waals surface area contributed by atoms with Gasteiger partial charge in [0.15, 0.2) is 0 Å². The lowest BCUT2D eigenvalue weighted by Gasteiger charge is -2.27. The van der Waals surface area contributed by atoms with Crippen LogP contribution in [0.15, 0.2) is 40.1 Å². The number of ether oxygens (including phenoxy) is 1. The van der Waals surface area contributed by atoms with Crippen LogP contribution in [0.5, 0.6) is 0 Å². The van der Waals surface area contributed by atoms with E-state index in [4.69, 9.17) is 4.74 Å². The molecule has 1 aromatic heterocycles. The fraction of sp³-hybridized carbons (Fsp3) is 0.421. The standard InChI is InChI=1S/C19H22N4O4/c24-17(21-15-10-27-11-16(15)23-6-1-2-7-23)13-5-3-4-12(8-13)14-9-20-19(26)22-18(14)25/h3-5,8-9,15-16H,1-2,6-7,10-11H2,(H,21,24)(H2,20,22,25,26)/t15-,16-/m0/s1. The first-order valence-corrected chi connectivity index (χ1v) is 9.17. The van der Waals surface area contributed by atoms with E-state index in [1.165, 1.54) is 19.0 Å². The third-order valence-corrected chi connectivity index (χ3v) is 5.23. The molecule has 0 aliphatic carbocycles. The van der Waals surface area contributed by atoms with Gasteiger partial charge in [-0.3, -0.25) is 19.5 Å². The van der Waals surface area contributed by atoms with Crippen LogP contribution in [-0.4, -0.2) is 59.2 Å². The molecule has 2 aliphatic heterocycles. The maximum Gasteiger partial charge on any atom is 0.325 e. The van der Waals surface area contributed by atoms with Gasteiger partial charge in [0.2, 0.25) is 0 Å². The summed E-state index contributed by atoms with van der Waals surface area (Å²) in [5.74, 6) is -0.197. The molecule has 0 saturated carbocycles. The Morgan fingerprint density at radius 3 is 2.78 bits per heavy atom. The zero-order chi connectivity index (χ0) is 18.8.